The summed E-state index contributed by atoms with van der Waals surface area (Å²) in [7, 11) is 0. The maximum atomic E-state index is 12.8. The number of amides is 1. The van der Waals surface area contributed by atoms with Crippen LogP contribution in [0, 0.1) is 16.7 Å². The number of oxazole rings is 1. The molecule has 2 bridgehead atoms. The van der Waals surface area contributed by atoms with Gasteiger partial charge in [-0.25, -0.2) is 0 Å². The van der Waals surface area contributed by atoms with Gasteiger partial charge in [0, 0.05) is 30.5 Å². The predicted molar refractivity (Wildman–Crippen MR) is 82.2 cm³/mol. The molecule has 4 heterocycles. The van der Waals surface area contributed by atoms with Crippen LogP contribution in [0.1, 0.15) is 23.2 Å². The third kappa shape index (κ3) is 1.74. The molecule has 1 amide bonds. The molecule has 6 heteroatoms. The summed E-state index contributed by atoms with van der Waals surface area (Å²) in [4.78, 5) is 18.0. The summed E-state index contributed by atoms with van der Waals surface area (Å²) in [5.74, 6) is 1.14. The molecule has 0 radical (unpaired) electrons. The third-order valence-corrected chi connectivity index (χ3v) is 5.59. The lowest BCUT2D eigenvalue weighted by molar-refractivity contribution is 0.0594. The van der Waals surface area contributed by atoms with E-state index < -0.39 is 0 Å². The number of nitrogens with zero attached hydrogens (tertiary/aromatic N) is 1. The smallest absolute Gasteiger partial charge is 0.266 e. The van der Waals surface area contributed by atoms with E-state index in [0.29, 0.717) is 40.0 Å². The van der Waals surface area contributed by atoms with E-state index in [4.69, 9.17) is 21.4 Å². The van der Waals surface area contributed by atoms with Crippen molar-refractivity contribution in [3.63, 3.8) is 0 Å². The van der Waals surface area contributed by atoms with E-state index in [-0.39, 0.29) is 5.91 Å². The van der Waals surface area contributed by atoms with E-state index in [0.717, 1.165) is 31.4 Å². The zero-order valence-electron chi connectivity index (χ0n) is 12.0. The van der Waals surface area contributed by atoms with Crippen LogP contribution in [0.3, 0.4) is 0 Å². The molecule has 0 spiro atoms. The average Bonchev–Trinajstić information content (AvgIpc) is 3.25. The van der Waals surface area contributed by atoms with Gasteiger partial charge in [0.2, 0.25) is 0 Å². The summed E-state index contributed by atoms with van der Waals surface area (Å²) in [6, 6.07) is 5.47. The van der Waals surface area contributed by atoms with Crippen molar-refractivity contribution in [2.24, 2.45) is 11.8 Å². The molecule has 0 aliphatic carbocycles. The van der Waals surface area contributed by atoms with Gasteiger partial charge in [0.25, 0.3) is 10.7 Å². The Kier molecular flexibility index (Phi) is 2.58. The van der Waals surface area contributed by atoms with E-state index in [9.17, 15) is 4.79 Å². The Balaban J connectivity index is 1.43. The van der Waals surface area contributed by atoms with E-state index in [1.165, 1.54) is 0 Å². The second kappa shape index (κ2) is 4.43. The van der Waals surface area contributed by atoms with Gasteiger partial charge in [0.1, 0.15) is 0 Å². The summed E-state index contributed by atoms with van der Waals surface area (Å²) in [5, 5.41) is 0. The van der Waals surface area contributed by atoms with Gasteiger partial charge in [-0.2, -0.15) is 0 Å². The number of benzene rings is 1. The van der Waals surface area contributed by atoms with Crippen molar-refractivity contribution in [2.45, 2.75) is 25.0 Å². The highest BCUT2D eigenvalue weighted by atomic mass is 32.1. The quantitative estimate of drug-likeness (QED) is 0.822. The standard InChI is InChI=1S/C16H16N2O3S/c19-15(8-1-2-11-14(5-8)21-16(22)17-11)18-6-9-10(7-18)13-4-3-12(9)20-13/h1-2,5,9-10,12-13H,3-4,6-7H2,(H,17,22)/t9-,10+,12-,13-/m1/s1. The van der Waals surface area contributed by atoms with Crippen molar-refractivity contribution in [3.8, 4) is 0 Å². The molecule has 3 fully saturated rings. The number of aromatic amines is 1. The number of nitrogens with one attached hydrogen (secondary N) is 1. The summed E-state index contributed by atoms with van der Waals surface area (Å²) >= 11 is 4.98. The first-order valence-corrected chi connectivity index (χ1v) is 8.17. The van der Waals surface area contributed by atoms with Crippen molar-refractivity contribution in [3.05, 3.63) is 28.6 Å². The van der Waals surface area contributed by atoms with Crippen molar-refractivity contribution in [1.82, 2.24) is 9.88 Å². The Hall–Kier alpha value is -1.66. The lowest BCUT2D eigenvalue weighted by Crippen LogP contribution is -2.31. The first kappa shape index (κ1) is 12.8. The summed E-state index contributed by atoms with van der Waals surface area (Å²) in [6.07, 6.45) is 3.06. The van der Waals surface area contributed by atoms with E-state index in [2.05, 4.69) is 4.98 Å². The minimum Gasteiger partial charge on any atom is -0.429 e. The average molecular weight is 316 g/mol. The Labute approximate surface area is 132 Å². The molecule has 1 aromatic carbocycles. The highest BCUT2D eigenvalue weighted by molar-refractivity contribution is 7.71. The molecule has 4 atom stereocenters. The van der Waals surface area contributed by atoms with Crippen molar-refractivity contribution >= 4 is 29.2 Å². The number of likely N-dealkylation sites (tertiary alicyclic amines) is 1. The summed E-state index contributed by atoms with van der Waals surface area (Å²) < 4.78 is 11.4. The van der Waals surface area contributed by atoms with E-state index in [1.54, 1.807) is 6.07 Å². The second-order valence-corrected chi connectivity index (χ2v) is 6.92. The third-order valence-electron chi connectivity index (χ3n) is 5.41. The monoisotopic (exact) mass is 316 g/mol. The lowest BCUT2D eigenvalue weighted by Gasteiger charge is -2.18. The Morgan fingerprint density at radius 2 is 1.95 bits per heavy atom. The SMILES string of the molecule is O=C(c1ccc2[nH]c(=S)oc2c1)N1C[C@@H]2[C@H](C1)[C@H]1CC[C@H]2O1. The zero-order chi connectivity index (χ0) is 14.8. The minimum atomic E-state index is 0.0815. The van der Waals surface area contributed by atoms with Crippen molar-refractivity contribution in [2.75, 3.05) is 13.1 Å². The molecule has 22 heavy (non-hydrogen) atoms. The molecule has 0 unspecified atom stereocenters. The van der Waals surface area contributed by atoms with Gasteiger partial charge in [-0.1, -0.05) is 0 Å². The molecule has 5 nitrogen and oxygen atoms in total. The predicted octanol–water partition coefficient (Wildman–Crippen LogP) is 2.74. The fourth-order valence-corrected chi connectivity index (χ4v) is 4.59. The molecule has 0 saturated carbocycles. The lowest BCUT2D eigenvalue weighted by atomic mass is 9.82. The van der Waals surface area contributed by atoms with Crippen LogP contribution >= 0.6 is 12.2 Å². The van der Waals surface area contributed by atoms with Crippen LogP contribution in [-0.4, -0.2) is 41.1 Å². The number of hydrogen-bond donors (Lipinski definition) is 1. The Morgan fingerprint density at radius 1 is 1.23 bits per heavy atom. The van der Waals surface area contributed by atoms with Crippen LogP contribution in [0.2, 0.25) is 0 Å². The summed E-state index contributed by atoms with van der Waals surface area (Å²) in [5.41, 5.74) is 2.13. The van der Waals surface area contributed by atoms with Crippen molar-refractivity contribution in [1.29, 1.82) is 0 Å². The van der Waals surface area contributed by atoms with Gasteiger partial charge < -0.3 is 19.0 Å². The number of rotatable bonds is 1. The first-order valence-electron chi connectivity index (χ1n) is 7.76. The molecule has 114 valence electrons. The van der Waals surface area contributed by atoms with Gasteiger partial charge in [-0.15, -0.1) is 0 Å². The maximum Gasteiger partial charge on any atom is 0.266 e. The normalized spacial score (nSPS) is 32.8. The van der Waals surface area contributed by atoms with E-state index in [1.807, 2.05) is 17.0 Å². The highest BCUT2D eigenvalue weighted by Crippen LogP contribution is 2.47. The molecule has 3 aliphatic heterocycles. The molecule has 5 rings (SSSR count). The molecule has 3 saturated heterocycles. The minimum absolute atomic E-state index is 0.0815. The van der Waals surface area contributed by atoms with Gasteiger partial charge in [0.05, 0.1) is 17.7 Å². The molecule has 1 N–H and O–H groups in total. The van der Waals surface area contributed by atoms with Crippen LogP contribution in [-0.2, 0) is 4.74 Å². The molecule has 1 aromatic heterocycles. The largest absolute Gasteiger partial charge is 0.429 e. The second-order valence-electron chi connectivity index (χ2n) is 6.55. The van der Waals surface area contributed by atoms with Gasteiger partial charge in [-0.3, -0.25) is 4.79 Å². The van der Waals surface area contributed by atoms with E-state index >= 15 is 0 Å². The fourth-order valence-electron chi connectivity index (χ4n) is 4.39. The number of hydrogen-bond acceptors (Lipinski definition) is 4. The zero-order valence-corrected chi connectivity index (χ0v) is 12.8. The molecular formula is C16H16N2O3S. The molecule has 3 aliphatic rings. The molecule has 2 aromatic rings. The topological polar surface area (TPSA) is 58.5 Å². The van der Waals surface area contributed by atoms with Crippen LogP contribution in [0.5, 0.6) is 0 Å². The number of aromatic nitrogens is 1. The van der Waals surface area contributed by atoms with Gasteiger partial charge in [-0.05, 0) is 43.3 Å². The number of ether oxygens (including phenoxy) is 1. The van der Waals surface area contributed by atoms with Gasteiger partial charge >= 0.3 is 0 Å². The number of carbonyl (C=O) groups is 1. The number of H-pyrrole nitrogens is 1. The fraction of sp³-hybridized carbons (Fsp3) is 0.500. The number of fused-ring (bicyclic) bond motifs is 6. The highest BCUT2D eigenvalue weighted by Gasteiger charge is 2.53. The molecular weight excluding hydrogens is 300 g/mol. The van der Waals surface area contributed by atoms with Gasteiger partial charge in [0.15, 0.2) is 5.58 Å². The Bertz CT molecular complexity index is 808. The van der Waals surface area contributed by atoms with Crippen LogP contribution in [0.4, 0.5) is 0 Å². The first-order chi connectivity index (χ1) is 10.7. The van der Waals surface area contributed by atoms with Crippen LogP contribution in [0.15, 0.2) is 22.6 Å². The van der Waals surface area contributed by atoms with Crippen LogP contribution in [0.25, 0.3) is 11.1 Å². The van der Waals surface area contributed by atoms with Crippen molar-refractivity contribution < 1.29 is 13.9 Å². The maximum absolute atomic E-state index is 12.8. The Morgan fingerprint density at radius 3 is 2.68 bits per heavy atom. The summed E-state index contributed by atoms with van der Waals surface area (Å²) in [6.45, 7) is 1.64. The number of carbonyl (C=O) groups excluding carboxylic acids is 1. The van der Waals surface area contributed by atoms with Crippen LogP contribution < -0.4 is 0 Å².